The second-order valence-electron chi connectivity index (χ2n) is 6.44. The molecule has 0 radical (unpaired) electrons. The topological polar surface area (TPSA) is 44.5 Å². The maximum absolute atomic E-state index is 6.33. The molecule has 1 saturated carbocycles. The molecule has 4 heteroatoms. The van der Waals surface area contributed by atoms with Gasteiger partial charge >= 0.3 is 0 Å². The first-order valence-electron chi connectivity index (χ1n) is 7.94. The van der Waals surface area contributed by atoms with Crippen LogP contribution in [0.4, 0.5) is 0 Å². The summed E-state index contributed by atoms with van der Waals surface area (Å²) in [6.07, 6.45) is 7.16. The summed E-state index contributed by atoms with van der Waals surface area (Å²) in [4.78, 5) is 0. The lowest BCUT2D eigenvalue weighted by atomic mass is 9.90. The highest BCUT2D eigenvalue weighted by molar-refractivity contribution is 9.10. The molecule has 0 aromatic heterocycles. The highest BCUT2D eigenvalue weighted by Gasteiger charge is 2.40. The average Bonchev–Trinajstić information content (AvgIpc) is 2.86. The van der Waals surface area contributed by atoms with Crippen LogP contribution in [0.15, 0.2) is 22.7 Å². The molecule has 21 heavy (non-hydrogen) atoms. The van der Waals surface area contributed by atoms with E-state index in [0.29, 0.717) is 0 Å². The molecule has 0 bridgehead atoms. The molecule has 2 N–H and O–H groups in total. The summed E-state index contributed by atoms with van der Waals surface area (Å²) in [6, 6.07) is 6.09. The van der Waals surface area contributed by atoms with Gasteiger partial charge in [-0.3, -0.25) is 0 Å². The van der Waals surface area contributed by atoms with Crippen molar-refractivity contribution in [3.05, 3.63) is 28.2 Å². The maximum atomic E-state index is 6.33. The minimum Gasteiger partial charge on any atom is -0.490 e. The Balaban J connectivity index is 1.75. The Labute approximate surface area is 135 Å². The Morgan fingerprint density at radius 2 is 2.14 bits per heavy atom. The fourth-order valence-corrected chi connectivity index (χ4v) is 3.96. The number of hydrogen-bond acceptors (Lipinski definition) is 3. The van der Waals surface area contributed by atoms with Crippen molar-refractivity contribution in [2.75, 3.05) is 6.61 Å². The molecule has 1 unspecified atom stereocenters. The first-order valence-corrected chi connectivity index (χ1v) is 8.73. The van der Waals surface area contributed by atoms with Gasteiger partial charge in [0.1, 0.15) is 11.9 Å². The van der Waals surface area contributed by atoms with Gasteiger partial charge in [-0.05, 0) is 31.9 Å². The smallest absolute Gasteiger partial charge is 0.125 e. The van der Waals surface area contributed by atoms with Crippen LogP contribution in [0.5, 0.6) is 5.75 Å². The number of rotatable bonds is 3. The number of ether oxygens (including phenoxy) is 2. The molecule has 1 heterocycles. The van der Waals surface area contributed by atoms with Crippen LogP contribution in [-0.4, -0.2) is 18.3 Å². The Kier molecular flexibility index (Phi) is 4.57. The third-order valence-corrected chi connectivity index (χ3v) is 5.22. The maximum Gasteiger partial charge on any atom is 0.125 e. The van der Waals surface area contributed by atoms with Gasteiger partial charge < -0.3 is 15.2 Å². The normalized spacial score (nSPS) is 26.0. The Morgan fingerprint density at radius 3 is 2.86 bits per heavy atom. The van der Waals surface area contributed by atoms with E-state index in [9.17, 15) is 0 Å². The fraction of sp³-hybridized carbons (Fsp3) is 0.647. The highest BCUT2D eigenvalue weighted by atomic mass is 79.9. The third-order valence-electron chi connectivity index (χ3n) is 4.72. The van der Waals surface area contributed by atoms with E-state index in [4.69, 9.17) is 15.2 Å². The van der Waals surface area contributed by atoms with Gasteiger partial charge in [-0.15, -0.1) is 0 Å². The van der Waals surface area contributed by atoms with Gasteiger partial charge in [0.2, 0.25) is 0 Å². The summed E-state index contributed by atoms with van der Waals surface area (Å²) in [5, 5.41) is 0. The van der Waals surface area contributed by atoms with E-state index in [1.54, 1.807) is 0 Å². The van der Waals surface area contributed by atoms with Crippen molar-refractivity contribution in [1.29, 1.82) is 0 Å². The van der Waals surface area contributed by atoms with Crippen molar-refractivity contribution >= 4 is 15.9 Å². The predicted molar refractivity (Wildman–Crippen MR) is 87.5 cm³/mol. The lowest BCUT2D eigenvalue weighted by molar-refractivity contribution is -0.108. The Hall–Kier alpha value is -0.580. The van der Waals surface area contributed by atoms with E-state index in [1.807, 2.05) is 19.1 Å². The lowest BCUT2D eigenvalue weighted by Gasteiger charge is -2.38. The van der Waals surface area contributed by atoms with Gasteiger partial charge in [0, 0.05) is 28.9 Å². The number of halogens is 1. The molecule has 0 amide bonds. The van der Waals surface area contributed by atoms with Gasteiger partial charge in [0.15, 0.2) is 0 Å². The second kappa shape index (κ2) is 6.27. The number of hydrogen-bond donors (Lipinski definition) is 1. The van der Waals surface area contributed by atoms with Crippen molar-refractivity contribution in [1.82, 2.24) is 0 Å². The van der Waals surface area contributed by atoms with Crippen LogP contribution in [0.3, 0.4) is 0 Å². The first kappa shape index (κ1) is 15.3. The molecule has 1 aromatic carbocycles. The van der Waals surface area contributed by atoms with Gasteiger partial charge in [-0.25, -0.2) is 0 Å². The molecule has 2 aliphatic rings. The summed E-state index contributed by atoms with van der Waals surface area (Å²) < 4.78 is 13.4. The molecule has 1 spiro atoms. The van der Waals surface area contributed by atoms with E-state index >= 15 is 0 Å². The predicted octanol–water partition coefficient (Wildman–Crippen LogP) is 4.34. The molecular weight excluding hydrogens is 330 g/mol. The van der Waals surface area contributed by atoms with Crippen molar-refractivity contribution < 1.29 is 9.47 Å². The number of nitrogens with two attached hydrogens (primary N) is 1. The molecule has 2 fully saturated rings. The zero-order chi connectivity index (χ0) is 14.9. The molecule has 3 nitrogen and oxygen atoms in total. The van der Waals surface area contributed by atoms with Gasteiger partial charge in [-0.2, -0.15) is 0 Å². The van der Waals surface area contributed by atoms with Crippen LogP contribution in [0, 0.1) is 0 Å². The quantitative estimate of drug-likeness (QED) is 0.878. The average molecular weight is 354 g/mol. The van der Waals surface area contributed by atoms with E-state index in [-0.39, 0.29) is 17.7 Å². The minimum atomic E-state index is -0.0200. The molecule has 1 aliphatic heterocycles. The van der Waals surface area contributed by atoms with Crippen LogP contribution in [-0.2, 0) is 4.74 Å². The van der Waals surface area contributed by atoms with Gasteiger partial charge in [-0.1, -0.05) is 34.8 Å². The summed E-state index contributed by atoms with van der Waals surface area (Å²) in [5.74, 6) is 0.916. The zero-order valence-corrected chi connectivity index (χ0v) is 14.2. The third kappa shape index (κ3) is 3.43. The Morgan fingerprint density at radius 1 is 1.38 bits per heavy atom. The standard InChI is InChI=1S/C17H24BrNO2/c1-12(19)15-5-4-13(18)10-16(15)21-14-6-9-20-17(11-14)7-2-3-8-17/h4-5,10,12,14H,2-3,6-9,11,19H2,1H3/t12-,14?/m0/s1. The van der Waals surface area contributed by atoms with Gasteiger partial charge in [0.05, 0.1) is 12.2 Å². The van der Waals surface area contributed by atoms with E-state index in [1.165, 1.54) is 25.7 Å². The highest BCUT2D eigenvalue weighted by Crippen LogP contribution is 2.41. The molecule has 116 valence electrons. The summed E-state index contributed by atoms with van der Waals surface area (Å²) in [6.45, 7) is 2.81. The van der Waals surface area contributed by atoms with E-state index in [2.05, 4.69) is 22.0 Å². The molecular formula is C17H24BrNO2. The summed E-state index contributed by atoms with van der Waals surface area (Å²) >= 11 is 3.52. The van der Waals surface area contributed by atoms with Crippen LogP contribution < -0.4 is 10.5 Å². The summed E-state index contributed by atoms with van der Waals surface area (Å²) in [5.41, 5.74) is 7.23. The first-order chi connectivity index (χ1) is 10.1. The largest absolute Gasteiger partial charge is 0.490 e. The van der Waals surface area contributed by atoms with Gasteiger partial charge in [0.25, 0.3) is 0 Å². The molecule has 3 rings (SSSR count). The number of benzene rings is 1. The van der Waals surface area contributed by atoms with Crippen LogP contribution in [0.1, 0.15) is 57.1 Å². The fourth-order valence-electron chi connectivity index (χ4n) is 3.62. The second-order valence-corrected chi connectivity index (χ2v) is 7.36. The Bertz CT molecular complexity index is 498. The molecule has 2 atom stereocenters. The van der Waals surface area contributed by atoms with Crippen LogP contribution in [0.2, 0.25) is 0 Å². The molecule has 1 aliphatic carbocycles. The van der Waals surface area contributed by atoms with E-state index in [0.717, 1.165) is 35.2 Å². The van der Waals surface area contributed by atoms with E-state index < -0.39 is 0 Å². The molecule has 1 saturated heterocycles. The zero-order valence-electron chi connectivity index (χ0n) is 12.6. The SMILES string of the molecule is C[C@H](N)c1ccc(Br)cc1OC1CCOC2(CCCC2)C1. The van der Waals surface area contributed by atoms with Crippen molar-refractivity contribution in [2.45, 2.75) is 63.2 Å². The lowest BCUT2D eigenvalue weighted by Crippen LogP contribution is -2.41. The monoisotopic (exact) mass is 353 g/mol. The van der Waals surface area contributed by atoms with Crippen LogP contribution >= 0.6 is 15.9 Å². The van der Waals surface area contributed by atoms with Crippen molar-refractivity contribution in [2.24, 2.45) is 5.73 Å². The molecule has 1 aromatic rings. The van der Waals surface area contributed by atoms with Crippen molar-refractivity contribution in [3.8, 4) is 5.75 Å². The summed E-state index contributed by atoms with van der Waals surface area (Å²) in [7, 11) is 0. The minimum absolute atomic E-state index is 0.0200. The van der Waals surface area contributed by atoms with Crippen LogP contribution in [0.25, 0.3) is 0 Å². The van der Waals surface area contributed by atoms with Crippen molar-refractivity contribution in [3.63, 3.8) is 0 Å².